The van der Waals surface area contributed by atoms with E-state index >= 15 is 0 Å². The first-order chi connectivity index (χ1) is 14.9. The second-order valence-corrected chi connectivity index (χ2v) is 10.8. The molecule has 1 fully saturated rings. The van der Waals surface area contributed by atoms with Gasteiger partial charge < -0.3 is 40.3 Å². The quantitative estimate of drug-likeness (QED) is 0.139. The summed E-state index contributed by atoms with van der Waals surface area (Å²) in [6.07, 6.45) is -6.41. The van der Waals surface area contributed by atoms with Gasteiger partial charge in [0, 0.05) is 0 Å². The number of aliphatic hydroxyl groups is 2. The summed E-state index contributed by atoms with van der Waals surface area (Å²) in [5.41, 5.74) is 1.74. The summed E-state index contributed by atoms with van der Waals surface area (Å²) in [4.78, 5) is 55.1. The Morgan fingerprint density at radius 1 is 1.24 bits per heavy atom. The largest absolute Gasteiger partial charge is 0.490 e. The lowest BCUT2D eigenvalue weighted by Gasteiger charge is -2.27. The molecule has 1 saturated heterocycles. The lowest BCUT2D eigenvalue weighted by molar-refractivity contribution is -0.0873. The van der Waals surface area contributed by atoms with Crippen molar-refractivity contribution >= 4 is 29.4 Å². The van der Waals surface area contributed by atoms with E-state index in [9.17, 15) is 38.5 Å². The smallest absolute Gasteiger partial charge is 0.386 e. The Bertz CT molecular complexity index is 1160. The molecule has 0 aromatic carbocycles. The summed E-state index contributed by atoms with van der Waals surface area (Å²) >= 11 is 0. The average molecular weight is 536 g/mol. The van der Waals surface area contributed by atoms with Crippen LogP contribution in [0.4, 0.5) is 5.95 Å². The van der Waals surface area contributed by atoms with Crippen LogP contribution in [0.25, 0.3) is 0 Å². The molecule has 21 heteroatoms. The lowest BCUT2D eigenvalue weighted by Crippen LogP contribution is -2.49. The molecule has 1 aliphatic heterocycles. The minimum absolute atomic E-state index is 0.405. The van der Waals surface area contributed by atoms with Gasteiger partial charge in [-0.2, -0.15) is 13.6 Å². The average Bonchev–Trinajstić information content (AvgIpc) is 2.83. The highest BCUT2D eigenvalue weighted by Gasteiger charge is 2.58. The van der Waals surface area contributed by atoms with Gasteiger partial charge in [0.05, 0.1) is 6.10 Å². The van der Waals surface area contributed by atoms with Crippen molar-refractivity contribution in [2.24, 2.45) is 0 Å². The fourth-order valence-electron chi connectivity index (χ4n) is 2.79. The fraction of sp³-hybridized carbons (Fsp3) is 0.583. The third-order valence-corrected chi connectivity index (χ3v) is 7.85. The number of ether oxygens (including phenoxy) is 1. The van der Waals surface area contributed by atoms with Crippen LogP contribution in [-0.4, -0.2) is 68.2 Å². The topological polar surface area (TPSA) is 283 Å². The SMILES string of the molecule is CC#CC1(O)C(O)[C@@H]([C@H](C)OP(=O)(O)OP(=O)(O)OP(=O)(O)O)O[C@H]1n1cnc(N)nc1=O. The highest BCUT2D eigenvalue weighted by atomic mass is 31.3. The first-order valence-corrected chi connectivity index (χ1v) is 13.0. The van der Waals surface area contributed by atoms with Crippen molar-refractivity contribution in [2.75, 3.05) is 5.73 Å². The maximum absolute atomic E-state index is 12.1. The van der Waals surface area contributed by atoms with Gasteiger partial charge in [-0.05, 0) is 13.8 Å². The molecule has 0 bridgehead atoms. The van der Waals surface area contributed by atoms with Crippen molar-refractivity contribution in [3.05, 3.63) is 16.8 Å². The van der Waals surface area contributed by atoms with E-state index in [0.29, 0.717) is 4.57 Å². The molecule has 0 spiro atoms. The molecule has 2 rings (SSSR count). The van der Waals surface area contributed by atoms with E-state index in [-0.39, 0.29) is 0 Å². The summed E-state index contributed by atoms with van der Waals surface area (Å²) in [5, 5.41) is 21.5. The van der Waals surface area contributed by atoms with Gasteiger partial charge in [0.15, 0.2) is 11.8 Å². The van der Waals surface area contributed by atoms with E-state index in [1.165, 1.54) is 6.92 Å². The fourth-order valence-corrected chi connectivity index (χ4v) is 5.99. The normalized spacial score (nSPS) is 30.0. The van der Waals surface area contributed by atoms with Crippen LogP contribution in [0.5, 0.6) is 0 Å². The van der Waals surface area contributed by atoms with E-state index in [0.717, 1.165) is 13.3 Å². The van der Waals surface area contributed by atoms with Crippen molar-refractivity contribution < 1.29 is 61.4 Å². The third kappa shape index (κ3) is 6.75. The van der Waals surface area contributed by atoms with Crippen molar-refractivity contribution in [1.29, 1.82) is 0 Å². The Morgan fingerprint density at radius 2 is 1.85 bits per heavy atom. The van der Waals surface area contributed by atoms with E-state index in [4.69, 9.17) is 20.3 Å². The molecule has 0 aliphatic carbocycles. The van der Waals surface area contributed by atoms with Crippen molar-refractivity contribution in [3.8, 4) is 11.8 Å². The molecule has 0 radical (unpaired) electrons. The van der Waals surface area contributed by atoms with Crippen LogP contribution in [0.3, 0.4) is 0 Å². The van der Waals surface area contributed by atoms with Crippen molar-refractivity contribution in [2.45, 2.75) is 44.0 Å². The third-order valence-electron chi connectivity index (χ3n) is 3.93. The predicted octanol–water partition coefficient (Wildman–Crippen LogP) is -2.04. The van der Waals surface area contributed by atoms with Gasteiger partial charge in [0.2, 0.25) is 5.95 Å². The summed E-state index contributed by atoms with van der Waals surface area (Å²) in [6, 6.07) is 0. The second-order valence-electron chi connectivity index (χ2n) is 6.40. The summed E-state index contributed by atoms with van der Waals surface area (Å²) in [7, 11) is -17.0. The number of nitrogen functional groups attached to an aromatic ring is 1. The Labute approximate surface area is 184 Å². The monoisotopic (exact) mass is 536 g/mol. The number of hydrogen-bond acceptors (Lipinski definition) is 13. The van der Waals surface area contributed by atoms with Crippen molar-refractivity contribution in [3.63, 3.8) is 0 Å². The summed E-state index contributed by atoms with van der Waals surface area (Å²) in [6.45, 7) is 2.28. The molecular weight excluding hydrogens is 517 g/mol. The first-order valence-electron chi connectivity index (χ1n) is 8.43. The molecule has 4 unspecified atom stereocenters. The zero-order valence-electron chi connectivity index (χ0n) is 16.6. The van der Waals surface area contributed by atoms with Gasteiger partial charge >= 0.3 is 29.2 Å². The van der Waals surface area contributed by atoms with Crippen LogP contribution in [0.1, 0.15) is 20.1 Å². The van der Waals surface area contributed by atoms with Crippen molar-refractivity contribution in [1.82, 2.24) is 14.5 Å². The van der Waals surface area contributed by atoms with Crippen LogP contribution < -0.4 is 11.4 Å². The number of aliphatic hydroxyl groups excluding tert-OH is 1. The summed E-state index contributed by atoms with van der Waals surface area (Å²) < 4.78 is 52.0. The van der Waals surface area contributed by atoms with Crippen LogP contribution in [0, 0.1) is 11.8 Å². The van der Waals surface area contributed by atoms with Crippen LogP contribution >= 0.6 is 23.5 Å². The van der Waals surface area contributed by atoms with E-state index in [1.54, 1.807) is 0 Å². The van der Waals surface area contributed by atoms with Gasteiger partial charge in [-0.1, -0.05) is 5.92 Å². The maximum Gasteiger partial charge on any atom is 0.490 e. The molecular formula is C12H19N4O14P3. The number of nitrogens with two attached hydrogens (primary N) is 1. The molecule has 1 aromatic rings. The van der Waals surface area contributed by atoms with Gasteiger partial charge in [-0.15, -0.1) is 5.92 Å². The minimum Gasteiger partial charge on any atom is -0.386 e. The number of rotatable bonds is 8. The Hall–Kier alpha value is -1.54. The standard InChI is InChI=1S/C12H19N4O14P3/c1-3-4-12(19)8(17)7(27-9(12)16-5-14-10(13)15-11(16)18)6(2)28-32(23,24)30-33(25,26)29-31(20,21)22/h5-9,17,19H,1-2H3,(H,23,24)(H,25,26)(H2,13,15,18)(H2,20,21,22)/t6-,7+,8?,9+,12?/m0/s1. The minimum atomic E-state index is -5.80. The van der Waals surface area contributed by atoms with Gasteiger partial charge in [-0.25, -0.2) is 23.5 Å². The number of hydrogen-bond donors (Lipinski definition) is 7. The van der Waals surface area contributed by atoms with Crippen LogP contribution in [0.2, 0.25) is 0 Å². The zero-order valence-corrected chi connectivity index (χ0v) is 19.3. The number of phosphoric ester groups is 1. The molecule has 2 heterocycles. The van der Waals surface area contributed by atoms with Gasteiger partial charge in [-0.3, -0.25) is 9.09 Å². The molecule has 0 amide bonds. The zero-order chi connectivity index (χ0) is 25.4. The number of nitrogens with zero attached hydrogens (tertiary/aromatic N) is 3. The number of phosphoric acid groups is 3. The lowest BCUT2D eigenvalue weighted by atomic mass is 9.93. The van der Waals surface area contributed by atoms with Crippen LogP contribution in [-0.2, 0) is 31.6 Å². The molecule has 1 aromatic heterocycles. The molecule has 18 nitrogen and oxygen atoms in total. The Morgan fingerprint density at radius 3 is 2.36 bits per heavy atom. The molecule has 33 heavy (non-hydrogen) atoms. The first kappa shape index (κ1) is 27.7. The number of anilines is 1. The summed E-state index contributed by atoms with van der Waals surface area (Å²) in [5.74, 6) is 4.16. The van der Waals surface area contributed by atoms with E-state index < -0.39 is 65.2 Å². The maximum atomic E-state index is 12.1. The van der Waals surface area contributed by atoms with Gasteiger partial charge in [0.25, 0.3) is 0 Å². The Kier molecular flexibility index (Phi) is 8.06. The van der Waals surface area contributed by atoms with E-state index in [1.807, 2.05) is 0 Å². The second kappa shape index (κ2) is 9.61. The molecule has 7 atom stereocenters. The highest BCUT2D eigenvalue weighted by molar-refractivity contribution is 7.66. The molecule has 0 saturated carbocycles. The molecule has 1 aliphatic rings. The molecule has 8 N–H and O–H groups in total. The van der Waals surface area contributed by atoms with Crippen LogP contribution in [0.15, 0.2) is 11.1 Å². The molecule has 186 valence electrons. The number of aromatic nitrogens is 3. The predicted molar refractivity (Wildman–Crippen MR) is 103 cm³/mol. The highest BCUT2D eigenvalue weighted by Crippen LogP contribution is 2.66. The Balaban J connectivity index is 2.31. The van der Waals surface area contributed by atoms with Gasteiger partial charge in [0.1, 0.15) is 18.5 Å². The van der Waals surface area contributed by atoms with E-state index in [2.05, 4.69) is 35.0 Å².